The van der Waals surface area contributed by atoms with Gasteiger partial charge in [0.25, 0.3) is 5.91 Å². The molecule has 1 aliphatic heterocycles. The topological polar surface area (TPSA) is 79.2 Å². The second kappa shape index (κ2) is 8.09. The Labute approximate surface area is 183 Å². The standard InChI is InChI=1S/C24H32N6O/c1-15(2)22-18(13-25-27-22)24(31)29-11-7-6-10-20(29)19-12-21-26-23(17-8-4-5-9-17)16(3)14-30(21)28-19/h12-15,17,20H,4-11H2,1-3H3,(H,25,27). The quantitative estimate of drug-likeness (QED) is 0.650. The number of H-pyrrole nitrogens is 1. The van der Waals surface area contributed by atoms with Gasteiger partial charge in [0.1, 0.15) is 0 Å². The lowest BCUT2D eigenvalue weighted by Gasteiger charge is -2.34. The number of aromatic amines is 1. The molecule has 7 heteroatoms. The van der Waals surface area contributed by atoms with Crippen LogP contribution in [0.4, 0.5) is 0 Å². The second-order valence-corrected chi connectivity index (χ2v) is 9.52. The largest absolute Gasteiger partial charge is 0.330 e. The molecule has 7 nitrogen and oxygen atoms in total. The lowest BCUT2D eigenvalue weighted by molar-refractivity contribution is 0.0604. The van der Waals surface area contributed by atoms with E-state index >= 15 is 0 Å². The van der Waals surface area contributed by atoms with Gasteiger partial charge < -0.3 is 4.90 Å². The van der Waals surface area contributed by atoms with Gasteiger partial charge in [-0.2, -0.15) is 10.2 Å². The van der Waals surface area contributed by atoms with Crippen molar-refractivity contribution in [1.82, 2.24) is 29.7 Å². The Hall–Kier alpha value is -2.70. The van der Waals surface area contributed by atoms with Crippen LogP contribution in [0.15, 0.2) is 18.5 Å². The summed E-state index contributed by atoms with van der Waals surface area (Å²) in [6, 6.07) is 2.07. The Morgan fingerprint density at radius 3 is 2.71 bits per heavy atom. The van der Waals surface area contributed by atoms with Crippen molar-refractivity contribution in [3.63, 3.8) is 0 Å². The van der Waals surface area contributed by atoms with Crippen LogP contribution in [0.2, 0.25) is 0 Å². The number of amides is 1. The first-order chi connectivity index (χ1) is 15.0. The summed E-state index contributed by atoms with van der Waals surface area (Å²) in [4.78, 5) is 20.5. The van der Waals surface area contributed by atoms with E-state index in [1.807, 2.05) is 9.42 Å². The summed E-state index contributed by atoms with van der Waals surface area (Å²) < 4.78 is 1.90. The van der Waals surface area contributed by atoms with Crippen LogP contribution >= 0.6 is 0 Å². The maximum absolute atomic E-state index is 13.5. The molecule has 0 aromatic carbocycles. The van der Waals surface area contributed by atoms with Crippen LogP contribution in [0.1, 0.15) is 110 Å². The number of likely N-dealkylation sites (tertiary alicyclic amines) is 1. The highest BCUT2D eigenvalue weighted by molar-refractivity contribution is 5.95. The van der Waals surface area contributed by atoms with Gasteiger partial charge in [0.05, 0.1) is 34.9 Å². The van der Waals surface area contributed by atoms with Crippen LogP contribution in [0, 0.1) is 6.92 Å². The van der Waals surface area contributed by atoms with Gasteiger partial charge in [0.15, 0.2) is 5.65 Å². The van der Waals surface area contributed by atoms with Crippen LogP contribution in [-0.4, -0.2) is 42.1 Å². The lowest BCUT2D eigenvalue weighted by atomic mass is 9.97. The number of rotatable bonds is 4. The molecule has 5 rings (SSSR count). The molecule has 1 N–H and O–H groups in total. The van der Waals surface area contributed by atoms with Gasteiger partial charge in [-0.25, -0.2) is 9.50 Å². The highest BCUT2D eigenvalue weighted by Gasteiger charge is 2.33. The van der Waals surface area contributed by atoms with Crippen molar-refractivity contribution in [3.05, 3.63) is 46.7 Å². The minimum atomic E-state index is -0.0203. The maximum atomic E-state index is 13.5. The molecule has 1 unspecified atom stereocenters. The fourth-order valence-corrected chi connectivity index (χ4v) is 5.36. The van der Waals surface area contributed by atoms with Crippen molar-refractivity contribution in [3.8, 4) is 0 Å². The van der Waals surface area contributed by atoms with Gasteiger partial charge in [0, 0.05) is 24.7 Å². The molecule has 1 saturated carbocycles. The van der Waals surface area contributed by atoms with Crippen LogP contribution in [-0.2, 0) is 0 Å². The third-order valence-corrected chi connectivity index (χ3v) is 7.01. The van der Waals surface area contributed by atoms with Crippen molar-refractivity contribution >= 4 is 11.6 Å². The van der Waals surface area contributed by atoms with Gasteiger partial charge in [0.2, 0.25) is 0 Å². The summed E-state index contributed by atoms with van der Waals surface area (Å²) in [5, 5.41) is 12.0. The fraction of sp³-hybridized carbons (Fsp3) is 0.583. The first kappa shape index (κ1) is 20.2. The number of carbonyl (C=O) groups excluding carboxylic acids is 1. The molecule has 164 valence electrons. The van der Waals surface area contributed by atoms with E-state index < -0.39 is 0 Å². The Kier molecular flexibility index (Phi) is 5.28. The molecule has 4 heterocycles. The van der Waals surface area contributed by atoms with E-state index in [-0.39, 0.29) is 17.9 Å². The van der Waals surface area contributed by atoms with Crippen LogP contribution in [0.5, 0.6) is 0 Å². The highest BCUT2D eigenvalue weighted by atomic mass is 16.2. The zero-order valence-corrected chi connectivity index (χ0v) is 18.8. The molecule has 31 heavy (non-hydrogen) atoms. The molecule has 2 aliphatic rings. The van der Waals surface area contributed by atoms with E-state index in [9.17, 15) is 4.79 Å². The van der Waals surface area contributed by atoms with Gasteiger partial charge in [-0.3, -0.25) is 9.89 Å². The van der Waals surface area contributed by atoms with Crippen LogP contribution in [0.3, 0.4) is 0 Å². The smallest absolute Gasteiger partial charge is 0.257 e. The Balaban J connectivity index is 1.48. The Morgan fingerprint density at radius 1 is 1.16 bits per heavy atom. The maximum Gasteiger partial charge on any atom is 0.257 e. The first-order valence-electron chi connectivity index (χ1n) is 11.7. The minimum Gasteiger partial charge on any atom is -0.330 e. The van der Waals surface area contributed by atoms with E-state index in [0.29, 0.717) is 11.5 Å². The minimum absolute atomic E-state index is 0.0203. The van der Waals surface area contributed by atoms with Crippen molar-refractivity contribution in [1.29, 1.82) is 0 Å². The molecule has 2 fully saturated rings. The van der Waals surface area contributed by atoms with Gasteiger partial charge >= 0.3 is 0 Å². The number of piperidine rings is 1. The summed E-state index contributed by atoms with van der Waals surface area (Å²) in [7, 11) is 0. The molecule has 1 amide bonds. The molecular weight excluding hydrogens is 388 g/mol. The van der Waals surface area contributed by atoms with Crippen molar-refractivity contribution in [2.75, 3.05) is 6.54 Å². The van der Waals surface area contributed by atoms with Gasteiger partial charge in [-0.1, -0.05) is 26.7 Å². The summed E-state index contributed by atoms with van der Waals surface area (Å²) in [6.45, 7) is 7.05. The molecule has 0 bridgehead atoms. The molecule has 3 aromatic rings. The molecule has 1 aliphatic carbocycles. The predicted molar refractivity (Wildman–Crippen MR) is 119 cm³/mol. The Morgan fingerprint density at radius 2 is 1.94 bits per heavy atom. The number of aryl methyl sites for hydroxylation is 1. The monoisotopic (exact) mass is 420 g/mol. The average molecular weight is 421 g/mol. The number of nitrogens with zero attached hydrogens (tertiary/aromatic N) is 5. The van der Waals surface area contributed by atoms with Crippen LogP contribution < -0.4 is 0 Å². The average Bonchev–Trinajstić information content (AvgIpc) is 3.52. The molecular formula is C24H32N6O. The zero-order valence-electron chi connectivity index (χ0n) is 18.8. The predicted octanol–water partition coefficient (Wildman–Crippen LogP) is 4.91. The number of carbonyl (C=O) groups is 1. The number of nitrogens with one attached hydrogen (secondary N) is 1. The first-order valence-corrected chi connectivity index (χ1v) is 11.7. The fourth-order valence-electron chi connectivity index (χ4n) is 5.36. The van der Waals surface area contributed by atoms with Crippen molar-refractivity contribution < 1.29 is 4.79 Å². The summed E-state index contributed by atoms with van der Waals surface area (Å²) in [6.07, 6.45) is 11.9. The molecule has 0 radical (unpaired) electrons. The van der Waals surface area contributed by atoms with E-state index in [2.05, 4.69) is 43.2 Å². The zero-order chi connectivity index (χ0) is 21.5. The summed E-state index contributed by atoms with van der Waals surface area (Å²) in [5.74, 6) is 0.850. The number of fused-ring (bicyclic) bond motifs is 1. The third-order valence-electron chi connectivity index (χ3n) is 7.01. The second-order valence-electron chi connectivity index (χ2n) is 9.52. The number of hydrogen-bond donors (Lipinski definition) is 1. The van der Waals surface area contributed by atoms with Gasteiger partial charge in [-0.05, 0) is 50.5 Å². The molecule has 1 atom stereocenters. The van der Waals surface area contributed by atoms with Gasteiger partial charge in [-0.15, -0.1) is 0 Å². The highest BCUT2D eigenvalue weighted by Crippen LogP contribution is 2.36. The third kappa shape index (κ3) is 3.64. The number of aromatic nitrogens is 5. The molecule has 1 saturated heterocycles. The summed E-state index contributed by atoms with van der Waals surface area (Å²) in [5.41, 5.74) is 5.87. The normalized spacial score (nSPS) is 20.3. The van der Waals surface area contributed by atoms with E-state index in [1.165, 1.54) is 36.9 Å². The van der Waals surface area contributed by atoms with Crippen molar-refractivity contribution in [2.24, 2.45) is 0 Å². The van der Waals surface area contributed by atoms with Crippen LogP contribution in [0.25, 0.3) is 5.65 Å². The van der Waals surface area contributed by atoms with E-state index in [0.717, 1.165) is 42.8 Å². The summed E-state index contributed by atoms with van der Waals surface area (Å²) >= 11 is 0. The van der Waals surface area contributed by atoms with E-state index in [4.69, 9.17) is 10.1 Å². The van der Waals surface area contributed by atoms with E-state index in [1.54, 1.807) is 6.20 Å². The SMILES string of the molecule is Cc1cn2nc(C3CCCCN3C(=O)c3cn[nH]c3C(C)C)cc2nc1C1CCCC1. The molecule has 0 spiro atoms. The van der Waals surface area contributed by atoms with Crippen molar-refractivity contribution in [2.45, 2.75) is 83.6 Å². The molecule has 3 aromatic heterocycles. The lowest BCUT2D eigenvalue weighted by Crippen LogP contribution is -2.39. The number of hydrogen-bond acceptors (Lipinski definition) is 4. The Bertz CT molecular complexity index is 1090.